The Hall–Kier alpha value is -2.52. The first-order valence-electron chi connectivity index (χ1n) is 8.85. The van der Waals surface area contributed by atoms with Crippen LogP contribution in [0.5, 0.6) is 5.75 Å². The molecule has 0 aliphatic carbocycles. The minimum atomic E-state index is -4.18. The van der Waals surface area contributed by atoms with Crippen LogP contribution in [0.25, 0.3) is 0 Å². The number of hydrogen-bond donors (Lipinski definition) is 0. The standard InChI is InChI=1S/C19H18F2N2O4S/c20-14-5-6-15(21)18(12-14)28(25,26)23-9-7-22(8-10-23)19(24)17-11-13-3-1-2-4-16(13)27-17/h1-6,12,17H,7-11H2/t17-/m1/s1. The summed E-state index contributed by atoms with van der Waals surface area (Å²) in [5.41, 5.74) is 0.962. The van der Waals surface area contributed by atoms with E-state index >= 15 is 0 Å². The Morgan fingerprint density at radius 2 is 1.75 bits per heavy atom. The van der Waals surface area contributed by atoms with Crippen molar-refractivity contribution in [3.8, 4) is 5.75 Å². The van der Waals surface area contributed by atoms with Crippen LogP contribution in [0.1, 0.15) is 5.56 Å². The van der Waals surface area contributed by atoms with E-state index < -0.39 is 32.7 Å². The molecule has 1 saturated heterocycles. The Kier molecular flexibility index (Phi) is 4.80. The van der Waals surface area contributed by atoms with Gasteiger partial charge in [0, 0.05) is 32.6 Å². The van der Waals surface area contributed by atoms with E-state index in [4.69, 9.17) is 4.74 Å². The van der Waals surface area contributed by atoms with Gasteiger partial charge in [-0.25, -0.2) is 17.2 Å². The van der Waals surface area contributed by atoms with Crippen molar-refractivity contribution >= 4 is 15.9 Å². The molecule has 0 radical (unpaired) electrons. The van der Waals surface area contributed by atoms with Gasteiger partial charge in [0.1, 0.15) is 22.3 Å². The summed E-state index contributed by atoms with van der Waals surface area (Å²) in [6.45, 7) is 0.323. The summed E-state index contributed by atoms with van der Waals surface area (Å²) >= 11 is 0. The van der Waals surface area contributed by atoms with E-state index in [9.17, 15) is 22.0 Å². The largest absolute Gasteiger partial charge is 0.480 e. The summed E-state index contributed by atoms with van der Waals surface area (Å²) in [5, 5.41) is 0. The maximum Gasteiger partial charge on any atom is 0.264 e. The van der Waals surface area contributed by atoms with Crippen LogP contribution in [0.3, 0.4) is 0 Å². The van der Waals surface area contributed by atoms with Crippen molar-refractivity contribution in [2.75, 3.05) is 26.2 Å². The van der Waals surface area contributed by atoms with Crippen molar-refractivity contribution < 1.29 is 26.7 Å². The molecule has 2 aromatic carbocycles. The molecule has 0 N–H and O–H groups in total. The first-order chi connectivity index (χ1) is 13.4. The van der Waals surface area contributed by atoms with Gasteiger partial charge in [0.05, 0.1) is 0 Å². The molecule has 0 bridgehead atoms. The Morgan fingerprint density at radius 3 is 2.46 bits per heavy atom. The topological polar surface area (TPSA) is 66.9 Å². The molecule has 2 aliphatic rings. The quantitative estimate of drug-likeness (QED) is 0.777. The van der Waals surface area contributed by atoms with Crippen LogP contribution in [0.2, 0.25) is 0 Å². The molecule has 4 rings (SSSR count). The molecule has 2 heterocycles. The third-order valence-electron chi connectivity index (χ3n) is 4.98. The smallest absolute Gasteiger partial charge is 0.264 e. The minimum absolute atomic E-state index is 0.00367. The molecule has 2 aromatic rings. The van der Waals surface area contributed by atoms with Gasteiger partial charge in [0.2, 0.25) is 10.0 Å². The SMILES string of the molecule is O=C([C@H]1Cc2ccccc2O1)N1CCN(S(=O)(=O)c2cc(F)ccc2F)CC1. The summed E-state index contributed by atoms with van der Waals surface area (Å²) < 4.78 is 59.3. The number of rotatable bonds is 3. The molecule has 0 aromatic heterocycles. The van der Waals surface area contributed by atoms with Crippen molar-refractivity contribution in [1.82, 2.24) is 9.21 Å². The van der Waals surface area contributed by atoms with Gasteiger partial charge in [-0.2, -0.15) is 4.31 Å². The number of carbonyl (C=O) groups excluding carboxylic acids is 1. The number of nitrogens with zero attached hydrogens (tertiary/aromatic N) is 2. The highest BCUT2D eigenvalue weighted by Gasteiger charge is 2.36. The number of fused-ring (bicyclic) bond motifs is 1. The van der Waals surface area contributed by atoms with Crippen molar-refractivity contribution in [3.05, 3.63) is 59.7 Å². The highest BCUT2D eigenvalue weighted by molar-refractivity contribution is 7.89. The van der Waals surface area contributed by atoms with E-state index in [1.807, 2.05) is 18.2 Å². The molecular weight excluding hydrogens is 390 g/mol. The van der Waals surface area contributed by atoms with Crippen LogP contribution in [-0.4, -0.2) is 55.8 Å². The monoisotopic (exact) mass is 408 g/mol. The van der Waals surface area contributed by atoms with Gasteiger partial charge in [-0.3, -0.25) is 4.79 Å². The van der Waals surface area contributed by atoms with E-state index in [2.05, 4.69) is 0 Å². The average Bonchev–Trinajstić information content (AvgIpc) is 3.13. The molecule has 2 aliphatic heterocycles. The van der Waals surface area contributed by atoms with Crippen molar-refractivity contribution in [2.24, 2.45) is 0 Å². The normalized spacial score (nSPS) is 19.9. The van der Waals surface area contributed by atoms with Gasteiger partial charge in [0.25, 0.3) is 5.91 Å². The first-order valence-corrected chi connectivity index (χ1v) is 10.3. The number of ether oxygens (including phenoxy) is 1. The Bertz CT molecular complexity index is 995. The second-order valence-electron chi connectivity index (χ2n) is 6.72. The van der Waals surface area contributed by atoms with Crippen LogP contribution in [0, 0.1) is 11.6 Å². The number of piperazine rings is 1. The molecule has 1 amide bonds. The van der Waals surface area contributed by atoms with Crippen molar-refractivity contribution in [3.63, 3.8) is 0 Å². The lowest BCUT2D eigenvalue weighted by atomic mass is 10.1. The van der Waals surface area contributed by atoms with E-state index in [0.29, 0.717) is 18.2 Å². The zero-order valence-corrected chi connectivity index (χ0v) is 15.7. The fourth-order valence-corrected chi connectivity index (χ4v) is 4.98. The molecule has 0 unspecified atom stereocenters. The van der Waals surface area contributed by atoms with Gasteiger partial charge in [-0.15, -0.1) is 0 Å². The Labute approximate surface area is 161 Å². The number of hydrogen-bond acceptors (Lipinski definition) is 4. The van der Waals surface area contributed by atoms with E-state index in [0.717, 1.165) is 22.0 Å². The molecular formula is C19H18F2N2O4S. The molecule has 148 valence electrons. The third-order valence-corrected chi connectivity index (χ3v) is 6.90. The maximum atomic E-state index is 13.9. The van der Waals surface area contributed by atoms with Crippen molar-refractivity contribution in [2.45, 2.75) is 17.4 Å². The summed E-state index contributed by atoms with van der Waals surface area (Å²) in [7, 11) is -4.18. The highest BCUT2D eigenvalue weighted by Crippen LogP contribution is 2.29. The lowest BCUT2D eigenvalue weighted by Gasteiger charge is -2.35. The second-order valence-corrected chi connectivity index (χ2v) is 8.63. The van der Waals surface area contributed by atoms with Gasteiger partial charge in [0.15, 0.2) is 6.10 Å². The van der Waals surface area contributed by atoms with Crippen LogP contribution in [0.4, 0.5) is 8.78 Å². The maximum absolute atomic E-state index is 13.9. The number of benzene rings is 2. The van der Waals surface area contributed by atoms with Crippen LogP contribution < -0.4 is 4.74 Å². The molecule has 1 fully saturated rings. The minimum Gasteiger partial charge on any atom is -0.480 e. The van der Waals surface area contributed by atoms with Crippen LogP contribution >= 0.6 is 0 Å². The van der Waals surface area contributed by atoms with Gasteiger partial charge >= 0.3 is 0 Å². The lowest BCUT2D eigenvalue weighted by Crippen LogP contribution is -2.53. The number of amides is 1. The number of sulfonamides is 1. The third kappa shape index (κ3) is 3.35. The van der Waals surface area contributed by atoms with E-state index in [1.165, 1.54) is 0 Å². The Balaban J connectivity index is 1.42. The summed E-state index contributed by atoms with van der Waals surface area (Å²) in [6, 6.07) is 9.75. The molecule has 0 saturated carbocycles. The first kappa shape index (κ1) is 18.8. The average molecular weight is 408 g/mol. The molecule has 9 heteroatoms. The zero-order chi connectivity index (χ0) is 19.9. The lowest BCUT2D eigenvalue weighted by molar-refractivity contribution is -0.139. The molecule has 1 atom stereocenters. The number of halogens is 2. The summed E-state index contributed by atoms with van der Waals surface area (Å²) in [4.78, 5) is 13.6. The fraction of sp³-hybridized carbons (Fsp3) is 0.316. The second kappa shape index (κ2) is 7.14. The van der Waals surface area contributed by atoms with Gasteiger partial charge < -0.3 is 9.64 Å². The van der Waals surface area contributed by atoms with Crippen molar-refractivity contribution in [1.29, 1.82) is 0 Å². The fourth-order valence-electron chi connectivity index (χ4n) is 3.49. The zero-order valence-electron chi connectivity index (χ0n) is 14.8. The molecule has 0 spiro atoms. The van der Waals surface area contributed by atoms with E-state index in [-0.39, 0.29) is 32.1 Å². The van der Waals surface area contributed by atoms with Gasteiger partial charge in [-0.1, -0.05) is 18.2 Å². The Morgan fingerprint density at radius 1 is 1.04 bits per heavy atom. The summed E-state index contributed by atoms with van der Waals surface area (Å²) in [6.07, 6.45) is -0.150. The van der Waals surface area contributed by atoms with E-state index in [1.54, 1.807) is 11.0 Å². The van der Waals surface area contributed by atoms with Crippen LogP contribution in [0.15, 0.2) is 47.4 Å². The summed E-state index contributed by atoms with van der Waals surface area (Å²) in [5.74, 6) is -1.35. The highest BCUT2D eigenvalue weighted by atomic mass is 32.2. The van der Waals surface area contributed by atoms with Crippen LogP contribution in [-0.2, 0) is 21.2 Å². The predicted molar refractivity (Wildman–Crippen MR) is 96.3 cm³/mol. The van der Waals surface area contributed by atoms with Gasteiger partial charge in [-0.05, 0) is 29.8 Å². The molecule has 28 heavy (non-hydrogen) atoms. The molecule has 6 nitrogen and oxygen atoms in total. The number of carbonyl (C=O) groups is 1. The predicted octanol–water partition coefficient (Wildman–Crippen LogP) is 1.80. The number of para-hydroxylation sites is 1.